The molecule has 1 aromatic carbocycles. The largest absolute Gasteiger partial charge is 0.482 e. The smallest absolute Gasteiger partial charge is 0.271 e. The van der Waals surface area contributed by atoms with Crippen molar-refractivity contribution < 1.29 is 14.5 Å². The molecule has 1 aromatic rings. The maximum Gasteiger partial charge on any atom is 0.271 e. The van der Waals surface area contributed by atoms with Gasteiger partial charge in [-0.2, -0.15) is 0 Å². The van der Waals surface area contributed by atoms with Crippen LogP contribution in [0.4, 0.5) is 11.4 Å². The van der Waals surface area contributed by atoms with Crippen LogP contribution in [-0.2, 0) is 4.79 Å². The van der Waals surface area contributed by atoms with Gasteiger partial charge in [0.25, 0.3) is 11.6 Å². The van der Waals surface area contributed by atoms with E-state index in [0.717, 1.165) is 13.0 Å². The number of carbonyl (C=O) groups excluding carboxylic acids is 1. The van der Waals surface area contributed by atoms with Crippen molar-refractivity contribution in [2.24, 2.45) is 0 Å². The average molecular weight is 293 g/mol. The molecule has 0 unspecified atom stereocenters. The molecular weight excluding hydrogens is 274 g/mol. The summed E-state index contributed by atoms with van der Waals surface area (Å²) in [5.41, 5.74) is 0.433. The van der Waals surface area contributed by atoms with E-state index in [1.807, 2.05) is 0 Å². The molecule has 1 amide bonds. The average Bonchev–Trinajstić information content (AvgIpc) is 2.44. The van der Waals surface area contributed by atoms with Crippen LogP contribution >= 0.6 is 0 Å². The minimum atomic E-state index is -0.474. The number of nitrogens with zero attached hydrogens (tertiary/aromatic N) is 2. The third-order valence-electron chi connectivity index (χ3n) is 3.21. The predicted octanol–water partition coefficient (Wildman–Crippen LogP) is 1.71. The second kappa shape index (κ2) is 6.53. The van der Waals surface area contributed by atoms with Gasteiger partial charge in [-0.25, -0.2) is 0 Å². The molecule has 1 heterocycles. The molecule has 0 radical (unpaired) electrons. The monoisotopic (exact) mass is 293 g/mol. The summed E-state index contributed by atoms with van der Waals surface area (Å²) in [7, 11) is 0. The zero-order valence-electron chi connectivity index (χ0n) is 12.2. The fourth-order valence-corrected chi connectivity index (χ4v) is 2.18. The topological polar surface area (TPSA) is 84.7 Å². The number of nitro benzene ring substituents is 1. The molecule has 0 aromatic heterocycles. The summed E-state index contributed by atoms with van der Waals surface area (Å²) in [5, 5.41) is 14.1. The second-order valence-corrected chi connectivity index (χ2v) is 5.21. The number of non-ortho nitro benzene ring substituents is 1. The summed E-state index contributed by atoms with van der Waals surface area (Å²) in [6, 6.07) is 4.70. The molecule has 0 spiro atoms. The van der Waals surface area contributed by atoms with E-state index in [-0.39, 0.29) is 18.2 Å². The second-order valence-electron chi connectivity index (χ2n) is 5.21. The van der Waals surface area contributed by atoms with Gasteiger partial charge in [-0.1, -0.05) is 13.8 Å². The van der Waals surface area contributed by atoms with Crippen molar-refractivity contribution in [2.75, 3.05) is 24.6 Å². The fourth-order valence-electron chi connectivity index (χ4n) is 2.18. The van der Waals surface area contributed by atoms with Crippen molar-refractivity contribution in [3.63, 3.8) is 0 Å². The Bertz CT molecular complexity index is 545. The standard InChI is InChI=1S/C14H19N3O4/c1-10(2)15-6-3-7-16-12-8-11(17(19)20)4-5-13(12)21-9-14(16)18/h4-5,8,10,15H,3,6-7,9H2,1-2H3. The molecule has 0 fully saturated rings. The minimum Gasteiger partial charge on any atom is -0.482 e. The molecule has 0 saturated carbocycles. The number of rotatable bonds is 6. The third-order valence-corrected chi connectivity index (χ3v) is 3.21. The number of fused-ring (bicyclic) bond motifs is 1. The quantitative estimate of drug-likeness (QED) is 0.490. The van der Waals surface area contributed by atoms with Crippen LogP contribution in [0, 0.1) is 10.1 Å². The van der Waals surface area contributed by atoms with Gasteiger partial charge >= 0.3 is 0 Å². The van der Waals surface area contributed by atoms with Crippen molar-refractivity contribution in [3.05, 3.63) is 28.3 Å². The molecular formula is C14H19N3O4. The Morgan fingerprint density at radius 1 is 1.48 bits per heavy atom. The molecule has 0 saturated heterocycles. The molecule has 0 atom stereocenters. The van der Waals surface area contributed by atoms with Gasteiger partial charge in [-0.3, -0.25) is 14.9 Å². The lowest BCUT2D eigenvalue weighted by atomic mass is 10.2. The lowest BCUT2D eigenvalue weighted by Gasteiger charge is -2.29. The van der Waals surface area contributed by atoms with Crippen LogP contribution in [0.25, 0.3) is 0 Å². The maximum atomic E-state index is 12.0. The van der Waals surface area contributed by atoms with E-state index in [1.54, 1.807) is 11.0 Å². The summed E-state index contributed by atoms with van der Waals surface area (Å²) in [5.74, 6) is 0.338. The number of nitro groups is 1. The highest BCUT2D eigenvalue weighted by molar-refractivity contribution is 5.98. The Hall–Kier alpha value is -2.15. The van der Waals surface area contributed by atoms with Crippen LogP contribution in [0.15, 0.2) is 18.2 Å². The maximum absolute atomic E-state index is 12.0. The van der Waals surface area contributed by atoms with E-state index in [4.69, 9.17) is 4.74 Å². The first kappa shape index (κ1) is 15.2. The lowest BCUT2D eigenvalue weighted by Crippen LogP contribution is -2.40. The fraction of sp³-hybridized carbons (Fsp3) is 0.500. The highest BCUT2D eigenvalue weighted by Crippen LogP contribution is 2.35. The van der Waals surface area contributed by atoms with E-state index < -0.39 is 4.92 Å². The molecule has 1 aliphatic rings. The van der Waals surface area contributed by atoms with E-state index in [1.165, 1.54) is 12.1 Å². The number of ether oxygens (including phenoxy) is 1. The Morgan fingerprint density at radius 3 is 2.90 bits per heavy atom. The Morgan fingerprint density at radius 2 is 2.24 bits per heavy atom. The summed E-state index contributed by atoms with van der Waals surface area (Å²) < 4.78 is 5.32. The molecule has 21 heavy (non-hydrogen) atoms. The number of hydrogen-bond donors (Lipinski definition) is 1. The van der Waals surface area contributed by atoms with Gasteiger partial charge in [0.1, 0.15) is 5.75 Å². The van der Waals surface area contributed by atoms with Gasteiger partial charge in [-0.15, -0.1) is 0 Å². The lowest BCUT2D eigenvalue weighted by molar-refractivity contribution is -0.384. The first-order chi connectivity index (χ1) is 9.99. The first-order valence-corrected chi connectivity index (χ1v) is 6.94. The highest BCUT2D eigenvalue weighted by Gasteiger charge is 2.27. The number of amides is 1. The van der Waals surface area contributed by atoms with Gasteiger partial charge in [0.2, 0.25) is 0 Å². The van der Waals surface area contributed by atoms with E-state index in [2.05, 4.69) is 19.2 Å². The van der Waals surface area contributed by atoms with Crippen molar-refractivity contribution in [3.8, 4) is 5.75 Å². The van der Waals surface area contributed by atoms with Gasteiger partial charge in [0.15, 0.2) is 6.61 Å². The molecule has 114 valence electrons. The van der Waals surface area contributed by atoms with Crippen LogP contribution < -0.4 is 15.0 Å². The predicted molar refractivity (Wildman–Crippen MR) is 78.7 cm³/mol. The van der Waals surface area contributed by atoms with Gasteiger partial charge < -0.3 is 15.0 Å². The van der Waals surface area contributed by atoms with Gasteiger partial charge in [-0.05, 0) is 19.0 Å². The Kier molecular flexibility index (Phi) is 4.74. The number of benzene rings is 1. The van der Waals surface area contributed by atoms with Crippen LogP contribution in [-0.4, -0.2) is 36.6 Å². The van der Waals surface area contributed by atoms with Crippen molar-refractivity contribution in [1.29, 1.82) is 0 Å². The van der Waals surface area contributed by atoms with E-state index in [9.17, 15) is 14.9 Å². The Labute approximate surface area is 123 Å². The zero-order chi connectivity index (χ0) is 15.4. The van der Waals surface area contributed by atoms with Crippen LogP contribution in [0.5, 0.6) is 5.75 Å². The van der Waals surface area contributed by atoms with E-state index in [0.29, 0.717) is 24.0 Å². The summed E-state index contributed by atoms with van der Waals surface area (Å²) in [6.07, 6.45) is 0.770. The normalized spacial score (nSPS) is 14.0. The zero-order valence-corrected chi connectivity index (χ0v) is 12.2. The Balaban J connectivity index is 2.12. The first-order valence-electron chi connectivity index (χ1n) is 6.94. The SMILES string of the molecule is CC(C)NCCCN1C(=O)COc2ccc([N+](=O)[O-])cc21. The van der Waals surface area contributed by atoms with E-state index >= 15 is 0 Å². The molecule has 2 rings (SSSR count). The van der Waals surface area contributed by atoms with Crippen molar-refractivity contribution in [1.82, 2.24) is 5.32 Å². The summed E-state index contributed by atoms with van der Waals surface area (Å²) in [4.78, 5) is 23.9. The highest BCUT2D eigenvalue weighted by atomic mass is 16.6. The van der Waals surface area contributed by atoms with Crippen LogP contribution in [0.2, 0.25) is 0 Å². The van der Waals surface area contributed by atoms with Crippen molar-refractivity contribution >= 4 is 17.3 Å². The molecule has 7 heteroatoms. The molecule has 0 aliphatic carbocycles. The molecule has 1 aliphatic heterocycles. The molecule has 1 N–H and O–H groups in total. The van der Waals surface area contributed by atoms with Gasteiger partial charge in [0.05, 0.1) is 10.6 Å². The summed E-state index contributed by atoms with van der Waals surface area (Å²) in [6.45, 7) is 5.38. The number of anilines is 1. The number of hydrogen-bond acceptors (Lipinski definition) is 5. The third kappa shape index (κ3) is 3.69. The van der Waals surface area contributed by atoms with Crippen LogP contribution in [0.3, 0.4) is 0 Å². The molecule has 7 nitrogen and oxygen atoms in total. The van der Waals surface area contributed by atoms with Gasteiger partial charge in [0, 0.05) is 24.7 Å². The molecule has 0 bridgehead atoms. The summed E-state index contributed by atoms with van der Waals surface area (Å²) >= 11 is 0. The minimum absolute atomic E-state index is 0.0254. The van der Waals surface area contributed by atoms with Crippen LogP contribution in [0.1, 0.15) is 20.3 Å². The van der Waals surface area contributed by atoms with Crippen molar-refractivity contribution in [2.45, 2.75) is 26.3 Å². The number of carbonyl (C=O) groups is 1. The number of nitrogens with one attached hydrogen (secondary N) is 1.